The molecule has 94 valence electrons. The van der Waals surface area contributed by atoms with Crippen molar-refractivity contribution in [1.82, 2.24) is 0 Å². The van der Waals surface area contributed by atoms with E-state index < -0.39 is 11.8 Å². The average Bonchev–Trinajstić information content (AvgIpc) is 2.15. The average molecular weight is 235 g/mol. The van der Waals surface area contributed by atoms with Gasteiger partial charge in [-0.1, -0.05) is 6.08 Å². The smallest absolute Gasteiger partial charge is 0.245 e. The summed E-state index contributed by atoms with van der Waals surface area (Å²) in [5.74, 6) is -3.30. The van der Waals surface area contributed by atoms with Crippen molar-refractivity contribution in [3.8, 4) is 0 Å². The number of hydrogen-bond acceptors (Lipinski definition) is 2. The number of alkyl halides is 2. The Morgan fingerprint density at radius 3 is 2.62 bits per heavy atom. The molecule has 1 amide bonds. The van der Waals surface area contributed by atoms with E-state index in [9.17, 15) is 13.6 Å². The Labute approximate surface area is 94.6 Å². The van der Waals surface area contributed by atoms with Gasteiger partial charge in [0.2, 0.25) is 11.8 Å². The number of carbonyl (C=O) groups is 1. The van der Waals surface area contributed by atoms with Gasteiger partial charge in [0.25, 0.3) is 0 Å². The number of ether oxygens (including phenoxy) is 1. The third-order valence-electron chi connectivity index (χ3n) is 2.06. The molecule has 0 rings (SSSR count). The van der Waals surface area contributed by atoms with Crippen LogP contribution in [0.5, 0.6) is 0 Å². The lowest BCUT2D eigenvalue weighted by Gasteiger charge is -2.18. The third-order valence-corrected chi connectivity index (χ3v) is 2.06. The van der Waals surface area contributed by atoms with E-state index in [-0.39, 0.29) is 25.6 Å². The van der Waals surface area contributed by atoms with Crippen LogP contribution < -0.4 is 5.73 Å². The van der Waals surface area contributed by atoms with Crippen molar-refractivity contribution in [3.63, 3.8) is 0 Å². The fourth-order valence-electron chi connectivity index (χ4n) is 1.23. The molecular weight excluding hydrogens is 216 g/mol. The van der Waals surface area contributed by atoms with E-state index >= 15 is 0 Å². The standard InChI is InChI=1S/C11H19F2NO2/c1-3-4-5-9(16-8-10(14)15)6-7-11(2,12)13/h3,9H,1,4-8H2,2H3,(H2,14,15). The number of amides is 1. The molecule has 0 aliphatic rings. The Morgan fingerprint density at radius 1 is 1.56 bits per heavy atom. The van der Waals surface area contributed by atoms with Crippen molar-refractivity contribution in [2.24, 2.45) is 5.73 Å². The summed E-state index contributed by atoms with van der Waals surface area (Å²) in [6.07, 6.45) is 2.52. The van der Waals surface area contributed by atoms with Crippen LogP contribution in [0.4, 0.5) is 8.78 Å². The lowest BCUT2D eigenvalue weighted by Crippen LogP contribution is -2.25. The zero-order valence-electron chi connectivity index (χ0n) is 9.55. The summed E-state index contributed by atoms with van der Waals surface area (Å²) in [4.78, 5) is 10.5. The van der Waals surface area contributed by atoms with Crippen molar-refractivity contribution < 1.29 is 18.3 Å². The zero-order valence-corrected chi connectivity index (χ0v) is 9.55. The van der Waals surface area contributed by atoms with Crippen LogP contribution in [0.15, 0.2) is 12.7 Å². The molecule has 3 nitrogen and oxygen atoms in total. The van der Waals surface area contributed by atoms with Gasteiger partial charge in [-0.15, -0.1) is 6.58 Å². The van der Waals surface area contributed by atoms with Crippen LogP contribution in [-0.4, -0.2) is 24.5 Å². The molecule has 0 aliphatic heterocycles. The molecule has 1 atom stereocenters. The van der Waals surface area contributed by atoms with Crippen LogP contribution in [0.3, 0.4) is 0 Å². The predicted molar refractivity (Wildman–Crippen MR) is 58.2 cm³/mol. The Balaban J connectivity index is 3.98. The second-order valence-electron chi connectivity index (χ2n) is 3.87. The fraction of sp³-hybridized carbons (Fsp3) is 0.727. The lowest BCUT2D eigenvalue weighted by molar-refractivity contribution is -0.125. The van der Waals surface area contributed by atoms with Gasteiger partial charge in [-0.05, 0) is 26.2 Å². The highest BCUT2D eigenvalue weighted by molar-refractivity contribution is 5.74. The van der Waals surface area contributed by atoms with Gasteiger partial charge >= 0.3 is 0 Å². The topological polar surface area (TPSA) is 52.3 Å². The molecule has 0 saturated heterocycles. The molecule has 2 N–H and O–H groups in total. The van der Waals surface area contributed by atoms with Gasteiger partial charge in [-0.25, -0.2) is 8.78 Å². The van der Waals surface area contributed by atoms with E-state index in [2.05, 4.69) is 6.58 Å². The largest absolute Gasteiger partial charge is 0.368 e. The van der Waals surface area contributed by atoms with Gasteiger partial charge in [0.1, 0.15) is 6.61 Å². The normalized spacial score (nSPS) is 13.4. The Hall–Kier alpha value is -0.970. The molecule has 0 aromatic heterocycles. The summed E-state index contributed by atoms with van der Waals surface area (Å²) in [5, 5.41) is 0. The highest BCUT2D eigenvalue weighted by Gasteiger charge is 2.23. The number of carbonyl (C=O) groups excluding carboxylic acids is 1. The first-order chi connectivity index (χ1) is 7.35. The molecule has 0 aliphatic carbocycles. The van der Waals surface area contributed by atoms with Crippen LogP contribution in [0.1, 0.15) is 32.6 Å². The van der Waals surface area contributed by atoms with Crippen molar-refractivity contribution in [1.29, 1.82) is 0 Å². The fourth-order valence-corrected chi connectivity index (χ4v) is 1.23. The van der Waals surface area contributed by atoms with Crippen LogP contribution in [0.2, 0.25) is 0 Å². The lowest BCUT2D eigenvalue weighted by atomic mass is 10.1. The molecule has 5 heteroatoms. The van der Waals surface area contributed by atoms with Gasteiger partial charge in [0.05, 0.1) is 6.10 Å². The van der Waals surface area contributed by atoms with Gasteiger partial charge < -0.3 is 10.5 Å². The molecule has 0 aromatic rings. The first-order valence-electron chi connectivity index (χ1n) is 5.24. The van der Waals surface area contributed by atoms with E-state index in [1.807, 2.05) is 0 Å². The van der Waals surface area contributed by atoms with E-state index in [1.165, 1.54) is 0 Å². The minimum Gasteiger partial charge on any atom is -0.368 e. The SMILES string of the molecule is C=CCCC(CCC(C)(F)F)OCC(N)=O. The maximum atomic E-state index is 12.6. The molecule has 16 heavy (non-hydrogen) atoms. The van der Waals surface area contributed by atoms with Gasteiger partial charge in [0.15, 0.2) is 0 Å². The molecule has 0 radical (unpaired) electrons. The molecular formula is C11H19F2NO2. The molecule has 0 fully saturated rings. The van der Waals surface area contributed by atoms with Crippen LogP contribution >= 0.6 is 0 Å². The third kappa shape index (κ3) is 9.58. The van der Waals surface area contributed by atoms with Crippen LogP contribution in [-0.2, 0) is 9.53 Å². The van der Waals surface area contributed by atoms with Crippen molar-refractivity contribution in [2.75, 3.05) is 6.61 Å². The number of rotatable bonds is 9. The zero-order chi connectivity index (χ0) is 12.6. The Morgan fingerprint density at radius 2 is 2.19 bits per heavy atom. The summed E-state index contributed by atoms with van der Waals surface area (Å²) < 4.78 is 30.4. The predicted octanol–water partition coefficient (Wildman–Crippen LogP) is 2.26. The van der Waals surface area contributed by atoms with Gasteiger partial charge in [-0.2, -0.15) is 0 Å². The van der Waals surface area contributed by atoms with E-state index in [0.717, 1.165) is 6.92 Å². The number of halogens is 2. The molecule has 0 bridgehead atoms. The van der Waals surface area contributed by atoms with Gasteiger partial charge in [-0.3, -0.25) is 4.79 Å². The summed E-state index contributed by atoms with van der Waals surface area (Å²) in [6, 6.07) is 0. The molecule has 0 saturated carbocycles. The first-order valence-corrected chi connectivity index (χ1v) is 5.24. The van der Waals surface area contributed by atoms with Crippen molar-refractivity contribution in [2.45, 2.75) is 44.6 Å². The maximum absolute atomic E-state index is 12.6. The quantitative estimate of drug-likeness (QED) is 0.623. The maximum Gasteiger partial charge on any atom is 0.245 e. The van der Waals surface area contributed by atoms with E-state index in [1.54, 1.807) is 6.08 Å². The number of hydrogen-bond donors (Lipinski definition) is 1. The second kappa shape index (κ2) is 7.33. The molecule has 0 aromatic carbocycles. The van der Waals surface area contributed by atoms with Crippen molar-refractivity contribution >= 4 is 5.91 Å². The minimum absolute atomic E-state index is 0.213. The summed E-state index contributed by atoms with van der Waals surface area (Å²) in [7, 11) is 0. The highest BCUT2D eigenvalue weighted by Crippen LogP contribution is 2.22. The Kier molecular flexibility index (Phi) is 6.88. The summed E-state index contributed by atoms with van der Waals surface area (Å²) in [5.41, 5.74) is 4.92. The summed E-state index contributed by atoms with van der Waals surface area (Å²) >= 11 is 0. The Bertz CT molecular complexity index is 227. The van der Waals surface area contributed by atoms with Gasteiger partial charge in [0, 0.05) is 6.42 Å². The molecule has 0 spiro atoms. The molecule has 0 heterocycles. The number of nitrogens with two attached hydrogens (primary N) is 1. The molecule has 1 unspecified atom stereocenters. The van der Waals surface area contributed by atoms with E-state index in [0.29, 0.717) is 12.8 Å². The van der Waals surface area contributed by atoms with E-state index in [4.69, 9.17) is 10.5 Å². The number of primary amides is 1. The van der Waals surface area contributed by atoms with Crippen LogP contribution in [0.25, 0.3) is 0 Å². The highest BCUT2D eigenvalue weighted by atomic mass is 19.3. The first kappa shape index (κ1) is 15.0. The van der Waals surface area contributed by atoms with Crippen LogP contribution in [0, 0.1) is 0 Å². The number of allylic oxidation sites excluding steroid dienone is 1. The second-order valence-corrected chi connectivity index (χ2v) is 3.87. The summed E-state index contributed by atoms with van der Waals surface area (Å²) in [6.45, 7) is 4.18. The monoisotopic (exact) mass is 235 g/mol. The van der Waals surface area contributed by atoms with Crippen molar-refractivity contribution in [3.05, 3.63) is 12.7 Å². The minimum atomic E-state index is -2.71.